The minimum Gasteiger partial charge on any atom is -0.348 e. The molecule has 1 saturated heterocycles. The van der Waals surface area contributed by atoms with E-state index in [2.05, 4.69) is 15.1 Å². The molecule has 33 heavy (non-hydrogen) atoms. The van der Waals surface area contributed by atoms with Crippen LogP contribution in [0.2, 0.25) is 0 Å². The normalized spacial score (nSPS) is 23.0. The Hall–Kier alpha value is -2.26. The number of hydrogen-bond donors (Lipinski definition) is 0. The van der Waals surface area contributed by atoms with Crippen LogP contribution >= 0.6 is 11.8 Å². The smallest absolute Gasteiger partial charge is 0.348 e. The van der Waals surface area contributed by atoms with Gasteiger partial charge in [0.05, 0.1) is 11.3 Å². The van der Waals surface area contributed by atoms with Crippen molar-refractivity contribution in [2.24, 2.45) is 19.5 Å². The fourth-order valence-electron chi connectivity index (χ4n) is 5.16. The summed E-state index contributed by atoms with van der Waals surface area (Å²) in [6.45, 7) is 3.16. The zero-order valence-corrected chi connectivity index (χ0v) is 19.7. The van der Waals surface area contributed by atoms with E-state index >= 15 is 0 Å². The van der Waals surface area contributed by atoms with Gasteiger partial charge in [0.25, 0.3) is 0 Å². The van der Waals surface area contributed by atoms with Crippen LogP contribution in [0.5, 0.6) is 0 Å². The quantitative estimate of drug-likeness (QED) is 0.348. The van der Waals surface area contributed by atoms with Gasteiger partial charge in [0.15, 0.2) is 11.0 Å². The monoisotopic (exact) mass is 475 g/mol. The third-order valence-electron chi connectivity index (χ3n) is 7.15. The lowest BCUT2D eigenvalue weighted by Gasteiger charge is -2.16. The predicted molar refractivity (Wildman–Crippen MR) is 123 cm³/mol. The topological polar surface area (TPSA) is 38.9 Å². The lowest BCUT2D eigenvalue weighted by Crippen LogP contribution is -2.23. The summed E-state index contributed by atoms with van der Waals surface area (Å²) >= 11 is 1.73. The number of likely N-dealkylation sites (tertiary alicyclic amines) is 1. The lowest BCUT2D eigenvalue weighted by molar-refractivity contribution is -0.137. The Balaban J connectivity index is 1.09. The Kier molecular flexibility index (Phi) is 5.81. The first-order valence-corrected chi connectivity index (χ1v) is 12.3. The Labute approximate surface area is 196 Å². The first kappa shape index (κ1) is 22.5. The maximum Gasteiger partial charge on any atom is 0.416 e. The molecule has 9 heteroatoms. The van der Waals surface area contributed by atoms with Gasteiger partial charge in [-0.1, -0.05) is 23.9 Å². The summed E-state index contributed by atoms with van der Waals surface area (Å²) in [6.07, 6.45) is 1.02. The number of benzene rings is 1. The molecule has 1 aliphatic carbocycles. The Morgan fingerprint density at radius 3 is 2.61 bits per heavy atom. The predicted octanol–water partition coefficient (Wildman–Crippen LogP) is 5.20. The van der Waals surface area contributed by atoms with Crippen molar-refractivity contribution in [1.29, 1.82) is 0 Å². The largest absolute Gasteiger partial charge is 0.416 e. The van der Waals surface area contributed by atoms with E-state index < -0.39 is 11.7 Å². The van der Waals surface area contributed by atoms with Crippen LogP contribution in [0, 0.1) is 5.41 Å². The van der Waals surface area contributed by atoms with E-state index in [1.807, 2.05) is 41.6 Å². The van der Waals surface area contributed by atoms with Crippen molar-refractivity contribution in [1.82, 2.24) is 24.2 Å². The average Bonchev–Trinajstić information content (AvgIpc) is 3.05. The molecule has 0 bridgehead atoms. The van der Waals surface area contributed by atoms with E-state index in [1.165, 1.54) is 12.1 Å². The van der Waals surface area contributed by atoms with Crippen molar-refractivity contribution >= 4 is 11.8 Å². The standard InChI is InChI=1S/C24H28F3N5S/c1-30-11-3-5-20(30)21-28-29-22(31(21)2)33-14-4-12-32-13-10-23(16-32)15-19(23)17-6-8-18(9-7-17)24(25,26)27/h3,5-9,11,19H,4,10,12-16H2,1-2H3/t19-,23+/m0/s1. The minimum atomic E-state index is -4.27. The highest BCUT2D eigenvalue weighted by Crippen LogP contribution is 2.64. The number of rotatable bonds is 7. The van der Waals surface area contributed by atoms with Gasteiger partial charge in [-0.2, -0.15) is 13.2 Å². The number of hydrogen-bond acceptors (Lipinski definition) is 4. The van der Waals surface area contributed by atoms with Crippen LogP contribution in [0.4, 0.5) is 13.2 Å². The Morgan fingerprint density at radius 1 is 1.12 bits per heavy atom. The highest BCUT2D eigenvalue weighted by atomic mass is 32.2. The zero-order valence-electron chi connectivity index (χ0n) is 18.8. The number of thioether (sulfide) groups is 1. The molecule has 0 radical (unpaired) electrons. The molecule has 3 aromatic rings. The van der Waals surface area contributed by atoms with E-state index in [0.717, 1.165) is 66.9 Å². The summed E-state index contributed by atoms with van der Waals surface area (Å²) in [7, 11) is 4.00. The van der Waals surface area contributed by atoms with Gasteiger partial charge in [0.2, 0.25) is 0 Å². The van der Waals surface area contributed by atoms with Crippen LogP contribution in [0.25, 0.3) is 11.5 Å². The summed E-state index contributed by atoms with van der Waals surface area (Å²) in [4.78, 5) is 2.51. The second-order valence-corrected chi connectivity index (χ2v) is 10.4. The van der Waals surface area contributed by atoms with Gasteiger partial charge in [-0.15, -0.1) is 10.2 Å². The van der Waals surface area contributed by atoms with E-state index in [-0.39, 0.29) is 5.41 Å². The zero-order chi connectivity index (χ0) is 23.2. The second kappa shape index (κ2) is 8.51. The second-order valence-electron chi connectivity index (χ2n) is 9.34. The fraction of sp³-hybridized carbons (Fsp3) is 0.500. The molecule has 2 atom stereocenters. The summed E-state index contributed by atoms with van der Waals surface area (Å²) in [5, 5.41) is 9.64. The third-order valence-corrected chi connectivity index (χ3v) is 8.26. The van der Waals surface area contributed by atoms with E-state index in [0.29, 0.717) is 5.92 Å². The Morgan fingerprint density at radius 2 is 1.91 bits per heavy atom. The highest BCUT2D eigenvalue weighted by Gasteiger charge is 2.57. The summed E-state index contributed by atoms with van der Waals surface area (Å²) in [6, 6.07) is 9.83. The number of nitrogens with zero attached hydrogens (tertiary/aromatic N) is 5. The molecule has 0 unspecified atom stereocenters. The van der Waals surface area contributed by atoms with Crippen LogP contribution in [0.1, 0.15) is 36.3 Å². The van der Waals surface area contributed by atoms with Crippen LogP contribution in [-0.2, 0) is 20.3 Å². The van der Waals surface area contributed by atoms with E-state index in [9.17, 15) is 13.2 Å². The summed E-state index contributed by atoms with van der Waals surface area (Å²) < 4.78 is 42.6. The van der Waals surface area contributed by atoms with Gasteiger partial charge in [-0.3, -0.25) is 0 Å². The van der Waals surface area contributed by atoms with Crippen LogP contribution in [-0.4, -0.2) is 49.6 Å². The molecule has 5 nitrogen and oxygen atoms in total. The molecular weight excluding hydrogens is 447 g/mol. The van der Waals surface area contributed by atoms with Crippen molar-refractivity contribution < 1.29 is 13.2 Å². The number of aryl methyl sites for hydroxylation is 1. The average molecular weight is 476 g/mol. The van der Waals surface area contributed by atoms with Gasteiger partial charge < -0.3 is 14.0 Å². The van der Waals surface area contributed by atoms with Crippen LogP contribution in [0.15, 0.2) is 47.8 Å². The maximum absolute atomic E-state index is 12.8. The van der Waals surface area contributed by atoms with Gasteiger partial charge in [0.1, 0.15) is 0 Å². The van der Waals surface area contributed by atoms with Crippen LogP contribution < -0.4 is 0 Å². The van der Waals surface area contributed by atoms with E-state index in [4.69, 9.17) is 0 Å². The number of halogens is 3. The van der Waals surface area contributed by atoms with Gasteiger partial charge in [0, 0.05) is 32.6 Å². The molecule has 3 heterocycles. The summed E-state index contributed by atoms with van der Waals surface area (Å²) in [5.74, 6) is 2.24. The van der Waals surface area contributed by atoms with Crippen molar-refractivity contribution in [2.45, 2.75) is 36.5 Å². The van der Waals surface area contributed by atoms with Gasteiger partial charge in [-0.25, -0.2) is 0 Å². The Bertz CT molecular complexity index is 1120. The molecule has 2 aliphatic rings. The van der Waals surface area contributed by atoms with Crippen molar-refractivity contribution in [2.75, 3.05) is 25.4 Å². The van der Waals surface area contributed by atoms with Crippen molar-refractivity contribution in [3.63, 3.8) is 0 Å². The first-order valence-electron chi connectivity index (χ1n) is 11.3. The molecule has 1 spiro atoms. The van der Waals surface area contributed by atoms with Gasteiger partial charge >= 0.3 is 6.18 Å². The molecule has 2 aromatic heterocycles. The third kappa shape index (κ3) is 4.45. The molecule has 1 aliphatic heterocycles. The fourth-order valence-corrected chi connectivity index (χ4v) is 5.99. The van der Waals surface area contributed by atoms with Crippen molar-refractivity contribution in [3.8, 4) is 11.5 Å². The summed E-state index contributed by atoms with van der Waals surface area (Å²) in [5.41, 5.74) is 1.80. The molecule has 0 N–H and O–H groups in total. The molecule has 5 rings (SSSR count). The van der Waals surface area contributed by atoms with Gasteiger partial charge in [-0.05, 0) is 73.5 Å². The lowest BCUT2D eigenvalue weighted by atomic mass is 9.97. The SMILES string of the molecule is Cn1cccc1-c1nnc(SCCCN2CC[C@@]3(C[C@H]3c3ccc(C(F)(F)F)cc3)C2)n1C. The first-order chi connectivity index (χ1) is 15.8. The molecule has 176 valence electrons. The molecule has 2 fully saturated rings. The molecular formula is C24H28F3N5S. The molecule has 1 saturated carbocycles. The number of alkyl halides is 3. The van der Waals surface area contributed by atoms with Crippen LogP contribution in [0.3, 0.4) is 0 Å². The van der Waals surface area contributed by atoms with E-state index in [1.54, 1.807) is 23.9 Å². The highest BCUT2D eigenvalue weighted by molar-refractivity contribution is 7.99. The van der Waals surface area contributed by atoms with Crippen molar-refractivity contribution in [3.05, 3.63) is 53.7 Å². The minimum absolute atomic E-state index is 0.264. The number of aromatic nitrogens is 4. The molecule has 0 amide bonds. The molecule has 1 aromatic carbocycles. The maximum atomic E-state index is 12.8.